The molecule has 2 N–H and O–H groups in total. The van der Waals surface area contributed by atoms with E-state index >= 15 is 0 Å². The van der Waals surface area contributed by atoms with Crippen LogP contribution < -0.4 is 10.2 Å². The number of amides is 1. The second-order valence-electron chi connectivity index (χ2n) is 5.60. The molecule has 1 aromatic rings. The van der Waals surface area contributed by atoms with E-state index in [0.29, 0.717) is 18.2 Å². The molecular weight excluding hydrogens is 294 g/mol. The first-order valence-electron chi connectivity index (χ1n) is 7.03. The van der Waals surface area contributed by atoms with Crippen molar-refractivity contribution in [2.45, 2.75) is 19.8 Å². The van der Waals surface area contributed by atoms with Crippen LogP contribution in [-0.4, -0.2) is 30.5 Å². The summed E-state index contributed by atoms with van der Waals surface area (Å²) >= 11 is 5.96. The Labute approximate surface area is 128 Å². The van der Waals surface area contributed by atoms with E-state index in [0.717, 1.165) is 19.5 Å². The molecule has 1 amide bonds. The molecule has 1 aliphatic rings. The summed E-state index contributed by atoms with van der Waals surface area (Å²) in [4.78, 5) is 23.4. The highest BCUT2D eigenvalue weighted by molar-refractivity contribution is 6.33. The molecule has 1 aromatic carbocycles. The number of nitrogens with zero attached hydrogens (tertiary/aromatic N) is 1. The lowest BCUT2D eigenvalue weighted by Gasteiger charge is -2.27. The third kappa shape index (κ3) is 4.41. The number of nitro groups is 1. The first kappa shape index (κ1) is 15.7. The summed E-state index contributed by atoms with van der Waals surface area (Å²) in [5.41, 5.74) is 0.324. The van der Waals surface area contributed by atoms with Gasteiger partial charge in [0.25, 0.3) is 11.6 Å². The van der Waals surface area contributed by atoms with E-state index in [9.17, 15) is 14.9 Å². The number of benzene rings is 1. The van der Waals surface area contributed by atoms with Crippen molar-refractivity contribution in [1.82, 2.24) is 0 Å². The average Bonchev–Trinajstić information content (AvgIpc) is 2.40. The zero-order valence-electron chi connectivity index (χ0n) is 11.9. The number of carbonyl (C=O) groups excluding carboxylic acids is 1. The van der Waals surface area contributed by atoms with Gasteiger partial charge in [0.1, 0.15) is 0 Å². The number of non-ortho nitro benzene ring substituents is 1. The second kappa shape index (κ2) is 6.87. The molecular formula is C14H19ClN3O3+. The Morgan fingerprint density at radius 2 is 2.33 bits per heavy atom. The Bertz CT molecular complexity index is 550. The van der Waals surface area contributed by atoms with Gasteiger partial charge in [0.05, 0.1) is 28.7 Å². The summed E-state index contributed by atoms with van der Waals surface area (Å²) < 4.78 is 0. The zero-order chi connectivity index (χ0) is 15.4. The molecule has 0 spiro atoms. The second-order valence-corrected chi connectivity index (χ2v) is 6.00. The Morgan fingerprint density at radius 1 is 1.57 bits per heavy atom. The molecule has 2 atom stereocenters. The van der Waals surface area contributed by atoms with E-state index in [1.54, 1.807) is 0 Å². The molecule has 1 saturated heterocycles. The van der Waals surface area contributed by atoms with Gasteiger partial charge in [-0.1, -0.05) is 18.5 Å². The van der Waals surface area contributed by atoms with Crippen LogP contribution in [0.4, 0.5) is 11.4 Å². The third-order valence-corrected chi connectivity index (χ3v) is 4.03. The minimum absolute atomic E-state index is 0.0894. The SMILES string of the molecule is C[C@@H]1CCC[NH+](CC(=O)Nc2ccc([N+](=O)[O-])cc2Cl)C1. The van der Waals surface area contributed by atoms with Gasteiger partial charge < -0.3 is 10.2 Å². The van der Waals surface area contributed by atoms with E-state index in [2.05, 4.69) is 12.2 Å². The van der Waals surface area contributed by atoms with Crippen molar-refractivity contribution < 1.29 is 14.6 Å². The monoisotopic (exact) mass is 312 g/mol. The Morgan fingerprint density at radius 3 is 2.95 bits per heavy atom. The largest absolute Gasteiger partial charge is 0.327 e. The molecule has 114 valence electrons. The number of nitro benzene ring substituents is 1. The molecule has 0 aliphatic carbocycles. The Kier molecular flexibility index (Phi) is 5.14. The van der Waals surface area contributed by atoms with E-state index in [1.807, 2.05) is 0 Å². The number of quaternary nitrogens is 1. The van der Waals surface area contributed by atoms with Gasteiger partial charge in [-0.05, 0) is 18.9 Å². The Balaban J connectivity index is 1.94. The number of likely N-dealkylation sites (tertiary alicyclic amines) is 1. The van der Waals surface area contributed by atoms with E-state index in [-0.39, 0.29) is 16.6 Å². The number of halogens is 1. The van der Waals surface area contributed by atoms with Crippen LogP contribution >= 0.6 is 11.6 Å². The molecule has 7 heteroatoms. The molecule has 6 nitrogen and oxygen atoms in total. The summed E-state index contributed by atoms with van der Waals surface area (Å²) in [6.45, 7) is 4.61. The summed E-state index contributed by atoms with van der Waals surface area (Å²) in [7, 11) is 0. The minimum Gasteiger partial charge on any atom is -0.327 e. The van der Waals surface area contributed by atoms with Crippen LogP contribution in [0, 0.1) is 16.0 Å². The number of hydrogen-bond donors (Lipinski definition) is 2. The summed E-state index contributed by atoms with van der Waals surface area (Å²) in [5.74, 6) is 0.527. The number of nitrogens with one attached hydrogen (secondary N) is 2. The molecule has 21 heavy (non-hydrogen) atoms. The average molecular weight is 313 g/mol. The lowest BCUT2D eigenvalue weighted by atomic mass is 10.0. The third-order valence-electron chi connectivity index (χ3n) is 3.71. The van der Waals surface area contributed by atoms with Crippen molar-refractivity contribution in [3.05, 3.63) is 33.3 Å². The summed E-state index contributed by atoms with van der Waals surface area (Å²) in [6.07, 6.45) is 2.36. The molecule has 0 radical (unpaired) electrons. The minimum atomic E-state index is -0.517. The quantitative estimate of drug-likeness (QED) is 0.653. The Hall–Kier alpha value is -1.66. The predicted octanol–water partition coefficient (Wildman–Crippen LogP) is 1.50. The maximum atomic E-state index is 12.0. The maximum absolute atomic E-state index is 12.0. The summed E-state index contributed by atoms with van der Waals surface area (Å²) in [6, 6.07) is 4.04. The van der Waals surface area contributed by atoms with Crippen LogP contribution in [0.15, 0.2) is 18.2 Å². The van der Waals surface area contributed by atoms with Crippen LogP contribution in [0.2, 0.25) is 5.02 Å². The van der Waals surface area contributed by atoms with Gasteiger partial charge in [-0.2, -0.15) is 0 Å². The highest BCUT2D eigenvalue weighted by atomic mass is 35.5. The highest BCUT2D eigenvalue weighted by Crippen LogP contribution is 2.26. The van der Waals surface area contributed by atoms with Gasteiger partial charge >= 0.3 is 0 Å². The van der Waals surface area contributed by atoms with Gasteiger partial charge in [-0.3, -0.25) is 14.9 Å². The smallest absolute Gasteiger partial charge is 0.279 e. The predicted molar refractivity (Wildman–Crippen MR) is 80.7 cm³/mol. The van der Waals surface area contributed by atoms with Crippen LogP contribution in [0.25, 0.3) is 0 Å². The zero-order valence-corrected chi connectivity index (χ0v) is 12.7. The summed E-state index contributed by atoms with van der Waals surface area (Å²) in [5, 5.41) is 13.5. The maximum Gasteiger partial charge on any atom is 0.279 e. The lowest BCUT2D eigenvalue weighted by molar-refractivity contribution is -0.900. The van der Waals surface area contributed by atoms with Crippen molar-refractivity contribution in [2.24, 2.45) is 5.92 Å². The number of rotatable bonds is 4. The van der Waals surface area contributed by atoms with Gasteiger partial charge in [-0.25, -0.2) is 0 Å². The topological polar surface area (TPSA) is 76.7 Å². The molecule has 0 aromatic heterocycles. The van der Waals surface area contributed by atoms with Gasteiger partial charge in [0, 0.05) is 18.1 Å². The number of piperidine rings is 1. The first-order valence-corrected chi connectivity index (χ1v) is 7.41. The van der Waals surface area contributed by atoms with Crippen molar-refractivity contribution in [2.75, 3.05) is 25.0 Å². The molecule has 1 unspecified atom stereocenters. The fraction of sp³-hybridized carbons (Fsp3) is 0.500. The van der Waals surface area contributed by atoms with Crippen molar-refractivity contribution in [3.63, 3.8) is 0 Å². The molecule has 1 heterocycles. The lowest BCUT2D eigenvalue weighted by Crippen LogP contribution is -3.14. The van der Waals surface area contributed by atoms with E-state index in [1.165, 1.54) is 29.5 Å². The van der Waals surface area contributed by atoms with Crippen LogP contribution in [0.3, 0.4) is 0 Å². The van der Waals surface area contributed by atoms with Crippen LogP contribution in [-0.2, 0) is 4.79 Å². The highest BCUT2D eigenvalue weighted by Gasteiger charge is 2.22. The standard InChI is InChI=1S/C14H18ClN3O3/c1-10-3-2-6-17(8-10)9-14(19)16-13-5-4-11(18(20)21)7-12(13)15/h4-5,7,10H,2-3,6,8-9H2,1H3,(H,16,19)/p+1/t10-/m1/s1. The number of hydrogen-bond acceptors (Lipinski definition) is 3. The van der Waals surface area contributed by atoms with Crippen molar-refractivity contribution in [3.8, 4) is 0 Å². The van der Waals surface area contributed by atoms with Crippen LogP contribution in [0.5, 0.6) is 0 Å². The van der Waals surface area contributed by atoms with E-state index in [4.69, 9.17) is 11.6 Å². The number of carbonyl (C=O) groups is 1. The van der Waals surface area contributed by atoms with Crippen molar-refractivity contribution >= 4 is 28.9 Å². The number of anilines is 1. The molecule has 0 bridgehead atoms. The molecule has 1 aliphatic heterocycles. The van der Waals surface area contributed by atoms with Gasteiger partial charge in [0.2, 0.25) is 0 Å². The fourth-order valence-corrected chi connectivity index (χ4v) is 2.92. The molecule has 1 fully saturated rings. The molecule has 2 rings (SSSR count). The fourth-order valence-electron chi connectivity index (χ4n) is 2.70. The van der Waals surface area contributed by atoms with Gasteiger partial charge in [0.15, 0.2) is 6.54 Å². The normalized spacial score (nSPS) is 21.8. The van der Waals surface area contributed by atoms with Crippen LogP contribution in [0.1, 0.15) is 19.8 Å². The van der Waals surface area contributed by atoms with Crippen molar-refractivity contribution in [1.29, 1.82) is 0 Å². The first-order chi connectivity index (χ1) is 9.95. The van der Waals surface area contributed by atoms with Gasteiger partial charge in [-0.15, -0.1) is 0 Å². The van der Waals surface area contributed by atoms with E-state index < -0.39 is 4.92 Å². The molecule has 0 saturated carbocycles.